The second kappa shape index (κ2) is 8.78. The third kappa shape index (κ3) is 4.17. The molecule has 0 spiro atoms. The van der Waals surface area contributed by atoms with Gasteiger partial charge in [-0.1, -0.05) is 72.8 Å². The Hall–Kier alpha value is -4.13. The lowest BCUT2D eigenvalue weighted by atomic mass is 10.0. The molecule has 0 bridgehead atoms. The summed E-state index contributed by atoms with van der Waals surface area (Å²) in [7, 11) is 0. The minimum absolute atomic E-state index is 0.0715. The zero-order valence-corrected chi connectivity index (χ0v) is 18.1. The number of carbonyl (C=O) groups excluding carboxylic acids is 3. The van der Waals surface area contributed by atoms with E-state index in [0.717, 1.165) is 21.9 Å². The van der Waals surface area contributed by atoms with Crippen molar-refractivity contribution in [3.8, 4) is 0 Å². The lowest BCUT2D eigenvalue weighted by molar-refractivity contribution is -0.142. The lowest BCUT2D eigenvalue weighted by Crippen LogP contribution is -2.56. The van der Waals surface area contributed by atoms with Gasteiger partial charge in [-0.05, 0) is 21.9 Å². The Balaban J connectivity index is 1.40. The average Bonchev–Trinajstić information content (AvgIpc) is 2.84. The van der Waals surface area contributed by atoms with E-state index in [0.29, 0.717) is 18.9 Å². The summed E-state index contributed by atoms with van der Waals surface area (Å²) in [4.78, 5) is 43.0. The summed E-state index contributed by atoms with van der Waals surface area (Å²) in [5, 5.41) is 5.10. The van der Waals surface area contributed by atoms with Crippen LogP contribution in [-0.4, -0.2) is 45.6 Å². The molecule has 0 aromatic heterocycles. The van der Waals surface area contributed by atoms with E-state index < -0.39 is 0 Å². The quantitative estimate of drug-likeness (QED) is 0.676. The predicted molar refractivity (Wildman–Crippen MR) is 124 cm³/mol. The Kier molecular flexibility index (Phi) is 5.52. The standard InChI is InChI=1S/C26H24N4O3/c31-24-13-14-29(26(33)27-15-19-7-2-1-3-8-19)23-17-28(25(32)18-30(23)24)16-21-11-6-10-20-9-4-5-12-22(20)21/h1-12,17H,13-16,18H2,(H,27,33). The minimum atomic E-state index is -0.290. The second-order valence-electron chi connectivity index (χ2n) is 8.17. The van der Waals surface area contributed by atoms with Gasteiger partial charge in [-0.2, -0.15) is 0 Å². The number of fused-ring (bicyclic) bond motifs is 2. The molecule has 2 aliphatic rings. The molecule has 1 N–H and O–H groups in total. The molecular formula is C26H24N4O3. The van der Waals surface area contributed by atoms with E-state index in [1.807, 2.05) is 72.8 Å². The van der Waals surface area contributed by atoms with Crippen LogP contribution < -0.4 is 5.32 Å². The molecule has 4 amide bonds. The van der Waals surface area contributed by atoms with Gasteiger partial charge in [0.25, 0.3) is 0 Å². The zero-order chi connectivity index (χ0) is 22.8. The van der Waals surface area contributed by atoms with Crippen LogP contribution in [0, 0.1) is 0 Å². The van der Waals surface area contributed by atoms with Gasteiger partial charge in [0.1, 0.15) is 12.4 Å². The number of hydrogen-bond acceptors (Lipinski definition) is 3. The van der Waals surface area contributed by atoms with Crippen LogP contribution in [0.25, 0.3) is 10.8 Å². The summed E-state index contributed by atoms with van der Waals surface area (Å²) in [6.07, 6.45) is 1.82. The monoisotopic (exact) mass is 440 g/mol. The van der Waals surface area contributed by atoms with Crippen molar-refractivity contribution in [2.24, 2.45) is 0 Å². The fourth-order valence-corrected chi connectivity index (χ4v) is 4.30. The highest BCUT2D eigenvalue weighted by atomic mass is 16.2. The van der Waals surface area contributed by atoms with Gasteiger partial charge in [-0.25, -0.2) is 4.79 Å². The zero-order valence-electron chi connectivity index (χ0n) is 18.1. The van der Waals surface area contributed by atoms with Crippen molar-refractivity contribution in [1.29, 1.82) is 0 Å². The van der Waals surface area contributed by atoms with Crippen molar-refractivity contribution in [1.82, 2.24) is 20.0 Å². The van der Waals surface area contributed by atoms with Gasteiger partial charge >= 0.3 is 6.03 Å². The average molecular weight is 441 g/mol. The molecule has 166 valence electrons. The lowest BCUT2D eigenvalue weighted by Gasteiger charge is -2.41. The third-order valence-electron chi connectivity index (χ3n) is 6.04. The van der Waals surface area contributed by atoms with Crippen molar-refractivity contribution in [3.05, 3.63) is 95.9 Å². The third-order valence-corrected chi connectivity index (χ3v) is 6.04. The van der Waals surface area contributed by atoms with Gasteiger partial charge in [0, 0.05) is 25.7 Å². The number of nitrogens with one attached hydrogen (secondary N) is 1. The van der Waals surface area contributed by atoms with Gasteiger partial charge in [-0.15, -0.1) is 0 Å². The van der Waals surface area contributed by atoms with Crippen LogP contribution in [-0.2, 0) is 22.7 Å². The number of hydrogen-bond donors (Lipinski definition) is 1. The Morgan fingerprint density at radius 2 is 1.64 bits per heavy atom. The molecule has 3 aromatic carbocycles. The fraction of sp³-hybridized carbons (Fsp3) is 0.192. The first kappa shape index (κ1) is 20.8. The highest BCUT2D eigenvalue weighted by molar-refractivity contribution is 5.91. The van der Waals surface area contributed by atoms with E-state index in [2.05, 4.69) is 5.32 Å². The molecule has 2 heterocycles. The summed E-state index contributed by atoms with van der Waals surface area (Å²) in [5.41, 5.74) is 2.00. The summed E-state index contributed by atoms with van der Waals surface area (Å²) in [5.74, 6) is 0.120. The number of benzene rings is 3. The predicted octanol–water partition coefficient (Wildman–Crippen LogP) is 3.43. The van der Waals surface area contributed by atoms with Crippen molar-refractivity contribution >= 4 is 28.6 Å². The van der Waals surface area contributed by atoms with E-state index in [1.54, 1.807) is 16.0 Å². The molecule has 1 saturated heterocycles. The van der Waals surface area contributed by atoms with Crippen molar-refractivity contribution in [3.63, 3.8) is 0 Å². The van der Waals surface area contributed by atoms with Gasteiger partial charge in [-0.3, -0.25) is 19.4 Å². The van der Waals surface area contributed by atoms with Crippen LogP contribution in [0.15, 0.2) is 84.8 Å². The molecular weight excluding hydrogens is 416 g/mol. The highest BCUT2D eigenvalue weighted by Crippen LogP contribution is 2.26. The maximum absolute atomic E-state index is 13.0. The van der Waals surface area contributed by atoms with Gasteiger partial charge in [0.05, 0.1) is 6.54 Å². The van der Waals surface area contributed by atoms with Gasteiger partial charge in [0.2, 0.25) is 11.8 Å². The Morgan fingerprint density at radius 3 is 2.48 bits per heavy atom. The van der Waals surface area contributed by atoms with Crippen molar-refractivity contribution in [2.45, 2.75) is 19.5 Å². The molecule has 0 unspecified atom stereocenters. The van der Waals surface area contributed by atoms with Crippen LogP contribution in [0.2, 0.25) is 0 Å². The van der Waals surface area contributed by atoms with Crippen LogP contribution >= 0.6 is 0 Å². The molecule has 0 atom stereocenters. The maximum atomic E-state index is 13.0. The first-order chi connectivity index (χ1) is 16.1. The summed E-state index contributed by atoms with van der Waals surface area (Å²) in [6, 6.07) is 23.4. The number of carbonyl (C=O) groups is 3. The molecule has 2 aliphatic heterocycles. The molecule has 5 rings (SSSR count). The minimum Gasteiger partial charge on any atom is -0.334 e. The topological polar surface area (TPSA) is 73.0 Å². The number of rotatable bonds is 4. The van der Waals surface area contributed by atoms with E-state index >= 15 is 0 Å². The maximum Gasteiger partial charge on any atom is 0.323 e. The molecule has 0 aliphatic carbocycles. The smallest absolute Gasteiger partial charge is 0.323 e. The second-order valence-corrected chi connectivity index (χ2v) is 8.17. The Morgan fingerprint density at radius 1 is 0.879 bits per heavy atom. The number of amides is 4. The molecule has 0 saturated carbocycles. The van der Waals surface area contributed by atoms with Gasteiger partial charge in [0.15, 0.2) is 0 Å². The van der Waals surface area contributed by atoms with E-state index in [1.165, 1.54) is 4.90 Å². The first-order valence-corrected chi connectivity index (χ1v) is 11.0. The van der Waals surface area contributed by atoms with Crippen molar-refractivity contribution < 1.29 is 14.4 Å². The molecule has 33 heavy (non-hydrogen) atoms. The SMILES string of the molecule is O=C1CN2C(=O)CCN(C(=O)NCc3ccccc3)C2=CN1Cc1cccc2ccccc12. The van der Waals surface area contributed by atoms with E-state index in [4.69, 9.17) is 0 Å². The normalized spacial score (nSPS) is 16.0. The highest BCUT2D eigenvalue weighted by Gasteiger charge is 2.38. The number of nitrogens with zero attached hydrogens (tertiary/aromatic N) is 3. The van der Waals surface area contributed by atoms with E-state index in [-0.39, 0.29) is 37.4 Å². The molecule has 3 aromatic rings. The van der Waals surface area contributed by atoms with Crippen LogP contribution in [0.5, 0.6) is 0 Å². The Labute approximate surface area is 191 Å². The first-order valence-electron chi connectivity index (χ1n) is 11.0. The van der Waals surface area contributed by atoms with Crippen LogP contribution in [0.1, 0.15) is 17.5 Å². The molecule has 7 nitrogen and oxygen atoms in total. The van der Waals surface area contributed by atoms with Crippen molar-refractivity contribution in [2.75, 3.05) is 13.1 Å². The fourth-order valence-electron chi connectivity index (χ4n) is 4.30. The summed E-state index contributed by atoms with van der Waals surface area (Å²) in [6.45, 7) is 0.956. The largest absolute Gasteiger partial charge is 0.334 e. The Bertz CT molecular complexity index is 1250. The molecule has 1 fully saturated rings. The summed E-state index contributed by atoms with van der Waals surface area (Å²) >= 11 is 0. The molecule has 7 heteroatoms. The molecule has 0 radical (unpaired) electrons. The van der Waals surface area contributed by atoms with E-state index in [9.17, 15) is 14.4 Å². The summed E-state index contributed by atoms with van der Waals surface area (Å²) < 4.78 is 0. The van der Waals surface area contributed by atoms with Crippen LogP contribution in [0.4, 0.5) is 4.79 Å². The van der Waals surface area contributed by atoms with Crippen LogP contribution in [0.3, 0.4) is 0 Å². The van der Waals surface area contributed by atoms with Gasteiger partial charge < -0.3 is 10.2 Å². The number of urea groups is 1.